The summed E-state index contributed by atoms with van der Waals surface area (Å²) in [5, 5.41) is 9.36. The molecule has 2 aliphatic carbocycles. The second-order valence-corrected chi connectivity index (χ2v) is 5.59. The molecule has 0 saturated heterocycles. The zero-order chi connectivity index (χ0) is 12.5. The molecule has 3 nitrogen and oxygen atoms in total. The van der Waals surface area contributed by atoms with E-state index in [1.807, 2.05) is 0 Å². The Morgan fingerprint density at radius 3 is 2.33 bits per heavy atom. The van der Waals surface area contributed by atoms with Gasteiger partial charge in [-0.1, -0.05) is 0 Å². The third-order valence-corrected chi connectivity index (χ3v) is 3.73. The van der Waals surface area contributed by atoms with Crippen LogP contribution in [0.3, 0.4) is 0 Å². The predicted molar refractivity (Wildman–Crippen MR) is 67.8 cm³/mol. The van der Waals surface area contributed by atoms with Gasteiger partial charge in [0.05, 0.1) is 12.8 Å². The first-order valence-corrected chi connectivity index (χ1v) is 6.76. The van der Waals surface area contributed by atoms with Gasteiger partial charge in [0.15, 0.2) is 0 Å². The molecule has 4 heteroatoms. The summed E-state index contributed by atoms with van der Waals surface area (Å²) in [4.78, 5) is 6.45. The molecule has 0 amide bonds. The molecule has 0 aromatic carbocycles. The van der Waals surface area contributed by atoms with Crippen LogP contribution in [0.15, 0.2) is 12.3 Å². The average molecular weight is 250 g/mol. The van der Waals surface area contributed by atoms with Gasteiger partial charge in [0.2, 0.25) is 0 Å². The van der Waals surface area contributed by atoms with Crippen molar-refractivity contribution in [2.45, 2.75) is 32.3 Å². The molecule has 0 unspecified atom stereocenters. The van der Waals surface area contributed by atoms with Crippen LogP contribution in [0.25, 0.3) is 0 Å². The van der Waals surface area contributed by atoms with Gasteiger partial charge in [-0.25, -0.2) is 9.37 Å². The Morgan fingerprint density at radius 2 is 1.83 bits per heavy atom. The van der Waals surface area contributed by atoms with E-state index in [0.717, 1.165) is 30.7 Å². The zero-order valence-electron chi connectivity index (χ0n) is 10.5. The third-order valence-electron chi connectivity index (χ3n) is 3.73. The first kappa shape index (κ1) is 11.9. The van der Waals surface area contributed by atoms with Gasteiger partial charge in [0.1, 0.15) is 11.6 Å². The molecule has 0 spiro atoms. The normalized spacial score (nSPS) is 19.0. The Morgan fingerprint density at radius 1 is 1.22 bits per heavy atom. The molecule has 1 aromatic rings. The van der Waals surface area contributed by atoms with E-state index in [-0.39, 0.29) is 12.4 Å². The van der Waals surface area contributed by atoms with E-state index >= 15 is 0 Å². The smallest absolute Gasteiger partial charge is 0.142 e. The lowest BCUT2D eigenvalue weighted by Gasteiger charge is -2.25. The molecule has 0 bridgehead atoms. The minimum Gasteiger partial charge on any atom is -0.392 e. The number of pyridine rings is 1. The summed E-state index contributed by atoms with van der Waals surface area (Å²) < 4.78 is 13.2. The van der Waals surface area contributed by atoms with Gasteiger partial charge in [-0.2, -0.15) is 0 Å². The van der Waals surface area contributed by atoms with Crippen molar-refractivity contribution in [3.8, 4) is 0 Å². The molecule has 2 saturated carbocycles. The summed E-state index contributed by atoms with van der Waals surface area (Å²) >= 11 is 0. The highest BCUT2D eigenvalue weighted by atomic mass is 19.1. The van der Waals surface area contributed by atoms with Gasteiger partial charge < -0.3 is 10.0 Å². The summed E-state index contributed by atoms with van der Waals surface area (Å²) in [7, 11) is 0. The minimum atomic E-state index is -0.374. The summed E-state index contributed by atoms with van der Waals surface area (Å²) in [6.45, 7) is 1.86. The number of hydrogen-bond acceptors (Lipinski definition) is 3. The molecule has 18 heavy (non-hydrogen) atoms. The Hall–Kier alpha value is -1.16. The van der Waals surface area contributed by atoms with Crippen molar-refractivity contribution < 1.29 is 9.50 Å². The number of halogens is 1. The van der Waals surface area contributed by atoms with E-state index in [9.17, 15) is 9.50 Å². The van der Waals surface area contributed by atoms with E-state index in [1.165, 1.54) is 37.9 Å². The molecule has 98 valence electrons. The van der Waals surface area contributed by atoms with Crippen LogP contribution in [0.5, 0.6) is 0 Å². The van der Waals surface area contributed by atoms with Crippen LogP contribution in [0.2, 0.25) is 0 Å². The van der Waals surface area contributed by atoms with Gasteiger partial charge in [-0.05, 0) is 43.6 Å². The summed E-state index contributed by atoms with van der Waals surface area (Å²) in [6, 6.07) is 1.40. The summed E-state index contributed by atoms with van der Waals surface area (Å²) in [6.07, 6.45) is 6.41. The molecule has 0 aliphatic heterocycles. The van der Waals surface area contributed by atoms with Gasteiger partial charge in [0.25, 0.3) is 0 Å². The van der Waals surface area contributed by atoms with Crippen molar-refractivity contribution in [2.75, 3.05) is 18.0 Å². The summed E-state index contributed by atoms with van der Waals surface area (Å²) in [5.74, 6) is 1.93. The number of hydrogen-bond donors (Lipinski definition) is 1. The molecule has 0 radical (unpaired) electrons. The SMILES string of the molecule is OCc1cc(F)cnc1N(CC1CC1)CC1CC1. The Kier molecular flexibility index (Phi) is 3.20. The van der Waals surface area contributed by atoms with Crippen LogP contribution in [-0.4, -0.2) is 23.2 Å². The zero-order valence-corrected chi connectivity index (χ0v) is 10.5. The van der Waals surface area contributed by atoms with Crippen molar-refractivity contribution >= 4 is 5.82 Å². The molecule has 0 atom stereocenters. The van der Waals surface area contributed by atoms with Crippen molar-refractivity contribution in [1.82, 2.24) is 4.98 Å². The fourth-order valence-corrected chi connectivity index (χ4v) is 2.35. The Bertz CT molecular complexity index is 416. The highest BCUT2D eigenvalue weighted by Crippen LogP contribution is 2.36. The van der Waals surface area contributed by atoms with Crippen molar-refractivity contribution in [3.63, 3.8) is 0 Å². The molecule has 1 heterocycles. The Labute approximate surface area is 107 Å². The number of rotatable bonds is 6. The number of anilines is 1. The monoisotopic (exact) mass is 250 g/mol. The van der Waals surface area contributed by atoms with Crippen molar-refractivity contribution in [3.05, 3.63) is 23.6 Å². The van der Waals surface area contributed by atoms with E-state index in [4.69, 9.17) is 0 Å². The van der Waals surface area contributed by atoms with E-state index in [2.05, 4.69) is 9.88 Å². The lowest BCUT2D eigenvalue weighted by molar-refractivity contribution is 0.280. The predicted octanol–water partition coefficient (Wildman–Crippen LogP) is 2.34. The molecular formula is C14H19FN2O. The van der Waals surface area contributed by atoms with Gasteiger partial charge in [0, 0.05) is 18.7 Å². The summed E-state index contributed by atoms with van der Waals surface area (Å²) in [5.41, 5.74) is 0.608. The second-order valence-electron chi connectivity index (χ2n) is 5.59. The fraction of sp³-hybridized carbons (Fsp3) is 0.643. The third kappa shape index (κ3) is 2.80. The van der Waals surface area contributed by atoms with Gasteiger partial charge >= 0.3 is 0 Å². The van der Waals surface area contributed by atoms with Crippen LogP contribution in [0.4, 0.5) is 10.2 Å². The lowest BCUT2D eigenvalue weighted by atomic mass is 10.2. The highest BCUT2D eigenvalue weighted by Gasteiger charge is 2.30. The number of aromatic nitrogens is 1. The van der Waals surface area contributed by atoms with Crippen LogP contribution in [0.1, 0.15) is 31.2 Å². The van der Waals surface area contributed by atoms with Crippen LogP contribution >= 0.6 is 0 Å². The first-order valence-electron chi connectivity index (χ1n) is 6.76. The number of nitrogens with zero attached hydrogens (tertiary/aromatic N) is 2. The molecule has 2 fully saturated rings. The quantitative estimate of drug-likeness (QED) is 0.842. The number of aliphatic hydroxyl groups is 1. The minimum absolute atomic E-state index is 0.147. The van der Waals surface area contributed by atoms with Crippen molar-refractivity contribution in [2.24, 2.45) is 11.8 Å². The van der Waals surface area contributed by atoms with Crippen molar-refractivity contribution in [1.29, 1.82) is 0 Å². The molecule has 2 aliphatic rings. The maximum Gasteiger partial charge on any atom is 0.142 e. The van der Waals surface area contributed by atoms with Crippen LogP contribution in [0, 0.1) is 17.7 Å². The average Bonchev–Trinajstić information content (AvgIpc) is 3.23. The van der Waals surface area contributed by atoms with E-state index in [1.54, 1.807) is 0 Å². The Balaban J connectivity index is 1.81. The molecule has 1 N–H and O–H groups in total. The van der Waals surface area contributed by atoms with E-state index in [0.29, 0.717) is 5.56 Å². The van der Waals surface area contributed by atoms with E-state index < -0.39 is 0 Å². The molecular weight excluding hydrogens is 231 g/mol. The molecule has 1 aromatic heterocycles. The maximum absolute atomic E-state index is 13.2. The van der Waals surface area contributed by atoms with Gasteiger partial charge in [-0.3, -0.25) is 0 Å². The topological polar surface area (TPSA) is 36.4 Å². The van der Waals surface area contributed by atoms with Crippen LogP contribution in [-0.2, 0) is 6.61 Å². The number of aliphatic hydroxyl groups excluding tert-OH is 1. The van der Waals surface area contributed by atoms with Crippen LogP contribution < -0.4 is 4.90 Å². The largest absolute Gasteiger partial charge is 0.392 e. The molecule has 3 rings (SSSR count). The fourth-order valence-electron chi connectivity index (χ4n) is 2.35. The second kappa shape index (κ2) is 4.84. The first-order chi connectivity index (χ1) is 8.76. The maximum atomic E-state index is 13.2. The standard InChI is InChI=1S/C14H19FN2O/c15-13-5-12(9-18)14(16-6-13)17(7-10-1-2-10)8-11-3-4-11/h5-6,10-11,18H,1-4,7-9H2. The lowest BCUT2D eigenvalue weighted by Crippen LogP contribution is -2.30. The van der Waals surface area contributed by atoms with Gasteiger partial charge in [-0.15, -0.1) is 0 Å². The highest BCUT2D eigenvalue weighted by molar-refractivity contribution is 5.47.